The number of nitrogen functional groups attached to an aromatic ring is 1. The van der Waals surface area contributed by atoms with Crippen molar-refractivity contribution in [1.82, 2.24) is 15.2 Å². The lowest BCUT2D eigenvalue weighted by molar-refractivity contribution is 1.06. The van der Waals surface area contributed by atoms with E-state index in [2.05, 4.69) is 15.2 Å². The van der Waals surface area contributed by atoms with Crippen molar-refractivity contribution in [3.63, 3.8) is 0 Å². The fraction of sp³-hybridized carbons (Fsp3) is 0. The maximum atomic E-state index is 9.98. The molecule has 0 spiro atoms. The van der Waals surface area contributed by atoms with Gasteiger partial charge in [-0.2, -0.15) is 0 Å². The van der Waals surface area contributed by atoms with E-state index in [1.807, 2.05) is 5.38 Å². The zero-order valence-electron chi connectivity index (χ0n) is 6.15. The van der Waals surface area contributed by atoms with Crippen molar-refractivity contribution >= 4 is 16.5 Å². The SMILES string of the molecule is Nc1nccs1.O=c1cc[nH][nH]1. The molecule has 2 aromatic heterocycles. The molecule has 4 N–H and O–H groups in total. The van der Waals surface area contributed by atoms with Crippen molar-refractivity contribution in [1.29, 1.82) is 0 Å². The Hall–Kier alpha value is -1.56. The van der Waals surface area contributed by atoms with Gasteiger partial charge in [0.05, 0.1) is 0 Å². The van der Waals surface area contributed by atoms with Crippen LogP contribution in [-0.2, 0) is 0 Å². The normalized spacial score (nSPS) is 8.67. The number of aromatic nitrogens is 3. The highest BCUT2D eigenvalue weighted by Crippen LogP contribution is 2.02. The van der Waals surface area contributed by atoms with Gasteiger partial charge >= 0.3 is 0 Å². The van der Waals surface area contributed by atoms with Crippen LogP contribution in [0.5, 0.6) is 0 Å². The molecule has 2 heterocycles. The number of H-pyrrole nitrogens is 2. The van der Waals surface area contributed by atoms with Gasteiger partial charge < -0.3 is 10.8 Å². The first-order chi connectivity index (χ1) is 5.79. The zero-order valence-corrected chi connectivity index (χ0v) is 6.97. The first-order valence-electron chi connectivity index (χ1n) is 3.16. The molecule has 0 saturated carbocycles. The molecule has 0 radical (unpaired) electrons. The highest BCUT2D eigenvalue weighted by Gasteiger charge is 1.76. The van der Waals surface area contributed by atoms with Gasteiger partial charge in [0.15, 0.2) is 5.13 Å². The number of rotatable bonds is 0. The number of hydrogen-bond acceptors (Lipinski definition) is 4. The number of thiazole rings is 1. The molecule has 64 valence electrons. The quantitative estimate of drug-likeness (QED) is 0.554. The summed E-state index contributed by atoms with van der Waals surface area (Å²) in [4.78, 5) is 13.7. The molecule has 2 aromatic rings. The Labute approximate surface area is 72.3 Å². The van der Waals surface area contributed by atoms with Gasteiger partial charge in [0.1, 0.15) is 0 Å². The molecule has 5 nitrogen and oxygen atoms in total. The maximum absolute atomic E-state index is 9.98. The Morgan fingerprint density at radius 3 is 2.58 bits per heavy atom. The summed E-state index contributed by atoms with van der Waals surface area (Å²) >= 11 is 1.44. The van der Waals surface area contributed by atoms with Gasteiger partial charge in [-0.05, 0) is 0 Å². The van der Waals surface area contributed by atoms with Crippen LogP contribution >= 0.6 is 11.3 Å². The number of hydrogen-bond donors (Lipinski definition) is 3. The van der Waals surface area contributed by atoms with Gasteiger partial charge in [0.2, 0.25) is 0 Å². The van der Waals surface area contributed by atoms with Gasteiger partial charge in [-0.25, -0.2) is 4.98 Å². The van der Waals surface area contributed by atoms with Crippen LogP contribution in [0.2, 0.25) is 0 Å². The van der Waals surface area contributed by atoms with Crippen LogP contribution < -0.4 is 11.3 Å². The lowest BCUT2D eigenvalue weighted by atomic mass is 10.7. The lowest BCUT2D eigenvalue weighted by Crippen LogP contribution is -1.93. The Bertz CT molecular complexity index is 333. The second kappa shape index (κ2) is 4.35. The fourth-order valence-corrected chi connectivity index (χ4v) is 0.889. The third kappa shape index (κ3) is 3.02. The van der Waals surface area contributed by atoms with Gasteiger partial charge in [0.25, 0.3) is 5.56 Å². The first-order valence-corrected chi connectivity index (χ1v) is 4.04. The minimum absolute atomic E-state index is 0.0880. The smallest absolute Gasteiger partial charge is 0.263 e. The Kier molecular flexibility index (Phi) is 3.09. The van der Waals surface area contributed by atoms with Gasteiger partial charge in [0, 0.05) is 23.8 Å². The average molecular weight is 184 g/mol. The number of nitrogens with one attached hydrogen (secondary N) is 2. The second-order valence-electron chi connectivity index (χ2n) is 1.84. The van der Waals surface area contributed by atoms with Crippen molar-refractivity contribution in [3.8, 4) is 0 Å². The van der Waals surface area contributed by atoms with E-state index in [-0.39, 0.29) is 5.56 Å². The highest BCUT2D eigenvalue weighted by molar-refractivity contribution is 7.13. The molecule has 6 heteroatoms. The first kappa shape index (κ1) is 8.54. The van der Waals surface area contributed by atoms with E-state index in [1.54, 1.807) is 12.4 Å². The number of nitrogens with zero attached hydrogens (tertiary/aromatic N) is 1. The van der Waals surface area contributed by atoms with Crippen molar-refractivity contribution < 1.29 is 0 Å². The Morgan fingerprint density at radius 2 is 2.42 bits per heavy atom. The van der Waals surface area contributed by atoms with E-state index >= 15 is 0 Å². The summed E-state index contributed by atoms with van der Waals surface area (Å²) < 4.78 is 0. The molecule has 0 bridgehead atoms. The van der Waals surface area contributed by atoms with Gasteiger partial charge in [-0.3, -0.25) is 9.89 Å². The van der Waals surface area contributed by atoms with Crippen LogP contribution in [0.3, 0.4) is 0 Å². The van der Waals surface area contributed by atoms with Crippen LogP contribution in [0, 0.1) is 0 Å². The number of aromatic amines is 2. The van der Waals surface area contributed by atoms with E-state index in [0.717, 1.165) is 0 Å². The predicted octanol–water partition coefficient (Wildman–Crippen LogP) is 0.428. The summed E-state index contributed by atoms with van der Waals surface area (Å²) in [5.41, 5.74) is 5.10. The van der Waals surface area contributed by atoms with Crippen molar-refractivity contribution in [3.05, 3.63) is 34.2 Å². The summed E-state index contributed by atoms with van der Waals surface area (Å²) in [6, 6.07) is 1.42. The van der Waals surface area contributed by atoms with Crippen LogP contribution in [0.25, 0.3) is 0 Å². The molecule has 0 saturated heterocycles. The maximum Gasteiger partial charge on any atom is 0.263 e. The molecule has 0 amide bonds. The summed E-state index contributed by atoms with van der Waals surface area (Å²) in [6.07, 6.45) is 3.22. The van der Waals surface area contributed by atoms with Crippen LogP contribution in [0.4, 0.5) is 5.13 Å². The van der Waals surface area contributed by atoms with E-state index in [9.17, 15) is 4.79 Å². The topological polar surface area (TPSA) is 87.6 Å². The third-order valence-electron chi connectivity index (χ3n) is 0.965. The molecule has 0 aliphatic heterocycles. The molecule has 0 fully saturated rings. The minimum Gasteiger partial charge on any atom is -0.375 e. The molecular formula is C6H8N4OS. The predicted molar refractivity (Wildman–Crippen MR) is 47.9 cm³/mol. The number of nitrogens with two attached hydrogens (primary N) is 1. The largest absolute Gasteiger partial charge is 0.375 e. The average Bonchev–Trinajstić information content (AvgIpc) is 2.63. The molecule has 0 atom stereocenters. The lowest BCUT2D eigenvalue weighted by Gasteiger charge is -1.67. The molecular weight excluding hydrogens is 176 g/mol. The minimum atomic E-state index is -0.0880. The van der Waals surface area contributed by atoms with E-state index in [4.69, 9.17) is 5.73 Å². The van der Waals surface area contributed by atoms with Gasteiger partial charge in [-0.15, -0.1) is 11.3 Å². The second-order valence-corrected chi connectivity index (χ2v) is 2.76. The summed E-state index contributed by atoms with van der Waals surface area (Å²) in [6.45, 7) is 0. The van der Waals surface area contributed by atoms with Crippen LogP contribution in [-0.4, -0.2) is 15.2 Å². The summed E-state index contributed by atoms with van der Waals surface area (Å²) in [5, 5.41) is 7.29. The summed E-state index contributed by atoms with van der Waals surface area (Å²) in [5.74, 6) is 0. The molecule has 0 unspecified atom stereocenters. The van der Waals surface area contributed by atoms with Crippen LogP contribution in [0.1, 0.15) is 0 Å². The van der Waals surface area contributed by atoms with Crippen LogP contribution in [0.15, 0.2) is 28.6 Å². The summed E-state index contributed by atoms with van der Waals surface area (Å²) in [7, 11) is 0. The molecule has 0 aromatic carbocycles. The standard InChI is InChI=1S/C3H4N2O.C3H4N2S/c6-3-1-2-4-5-3;4-3-5-1-2-6-3/h1-2H,(H2,4,5,6);1-2H,(H2,4,5). The van der Waals surface area contributed by atoms with Crippen molar-refractivity contribution in [2.24, 2.45) is 0 Å². The molecule has 12 heavy (non-hydrogen) atoms. The third-order valence-corrected chi connectivity index (χ3v) is 1.57. The zero-order chi connectivity index (χ0) is 8.81. The Morgan fingerprint density at radius 1 is 1.58 bits per heavy atom. The van der Waals surface area contributed by atoms with Crippen molar-refractivity contribution in [2.45, 2.75) is 0 Å². The Balaban J connectivity index is 0.000000120. The molecule has 0 aliphatic rings. The van der Waals surface area contributed by atoms with E-state index in [1.165, 1.54) is 17.4 Å². The monoisotopic (exact) mass is 184 g/mol. The molecule has 0 aliphatic carbocycles. The van der Waals surface area contributed by atoms with E-state index < -0.39 is 0 Å². The molecule has 2 rings (SSSR count). The number of anilines is 1. The fourth-order valence-electron chi connectivity index (χ4n) is 0.506. The van der Waals surface area contributed by atoms with E-state index in [0.29, 0.717) is 5.13 Å². The highest BCUT2D eigenvalue weighted by atomic mass is 32.1. The van der Waals surface area contributed by atoms with Crippen molar-refractivity contribution in [2.75, 3.05) is 5.73 Å². The van der Waals surface area contributed by atoms with Gasteiger partial charge in [-0.1, -0.05) is 0 Å².